The molecular weight excluding hydrogens is 274 g/mol. The van der Waals surface area contributed by atoms with Gasteiger partial charge in [-0.1, -0.05) is 45.4 Å². The van der Waals surface area contributed by atoms with E-state index in [2.05, 4.69) is 26.8 Å². The number of rotatable bonds is 2. The average Bonchev–Trinajstić information content (AvgIpc) is 2.91. The van der Waals surface area contributed by atoms with Gasteiger partial charge in [0.1, 0.15) is 6.10 Å². The van der Waals surface area contributed by atoms with Crippen molar-refractivity contribution < 1.29 is 9.53 Å². The number of para-hydroxylation sites is 1. The second-order valence-electron chi connectivity index (χ2n) is 7.28. The lowest BCUT2D eigenvalue weighted by atomic mass is 9.75. The van der Waals surface area contributed by atoms with Gasteiger partial charge in [0.15, 0.2) is 0 Å². The van der Waals surface area contributed by atoms with Crippen LogP contribution in [0.25, 0.3) is 0 Å². The predicted octanol–water partition coefficient (Wildman–Crippen LogP) is 4.65. The van der Waals surface area contributed by atoms with Crippen molar-refractivity contribution in [3.8, 4) is 0 Å². The Bertz CT molecular complexity index is 540. The van der Waals surface area contributed by atoms with E-state index in [9.17, 15) is 4.79 Å². The molecule has 1 unspecified atom stereocenters. The molecule has 0 spiro atoms. The van der Waals surface area contributed by atoms with Crippen LogP contribution in [0.1, 0.15) is 45.6 Å². The Labute approximate surface area is 133 Å². The van der Waals surface area contributed by atoms with Gasteiger partial charge < -0.3 is 4.74 Å². The minimum atomic E-state index is -0.158. The number of hydrogen-bond donors (Lipinski definition) is 0. The topological polar surface area (TPSA) is 29.5 Å². The zero-order valence-corrected chi connectivity index (χ0v) is 13.9. The van der Waals surface area contributed by atoms with Crippen molar-refractivity contribution in [1.82, 2.24) is 0 Å². The van der Waals surface area contributed by atoms with Crippen molar-refractivity contribution in [3.63, 3.8) is 0 Å². The van der Waals surface area contributed by atoms with Gasteiger partial charge in [0.25, 0.3) is 0 Å². The summed E-state index contributed by atoms with van der Waals surface area (Å²) in [6, 6.07) is 8.14. The molecular formula is C19H27NO2. The van der Waals surface area contributed by atoms with Crippen LogP contribution in [0.4, 0.5) is 10.5 Å². The normalized spacial score (nSPS) is 27.8. The summed E-state index contributed by atoms with van der Waals surface area (Å²) >= 11 is 0. The molecule has 0 radical (unpaired) electrons. The van der Waals surface area contributed by atoms with Gasteiger partial charge in [-0.05, 0) is 48.6 Å². The number of hydrogen-bond acceptors (Lipinski definition) is 2. The van der Waals surface area contributed by atoms with Crippen molar-refractivity contribution in [1.29, 1.82) is 0 Å². The molecule has 1 aromatic rings. The van der Waals surface area contributed by atoms with Gasteiger partial charge in [-0.3, -0.25) is 4.90 Å². The molecule has 2 aliphatic rings. The van der Waals surface area contributed by atoms with E-state index >= 15 is 0 Å². The number of amides is 1. The Morgan fingerprint density at radius 2 is 2.05 bits per heavy atom. The van der Waals surface area contributed by atoms with Gasteiger partial charge in [0.05, 0.1) is 5.69 Å². The van der Waals surface area contributed by atoms with Gasteiger partial charge in [0, 0.05) is 6.54 Å². The molecule has 1 heterocycles. The molecule has 120 valence electrons. The molecule has 1 fully saturated rings. The largest absolute Gasteiger partial charge is 0.446 e. The van der Waals surface area contributed by atoms with Crippen molar-refractivity contribution in [3.05, 3.63) is 29.8 Å². The zero-order valence-electron chi connectivity index (χ0n) is 13.9. The van der Waals surface area contributed by atoms with E-state index in [0.717, 1.165) is 25.1 Å². The van der Waals surface area contributed by atoms with Crippen LogP contribution in [0.3, 0.4) is 0 Å². The molecule has 0 bridgehead atoms. The Balaban J connectivity index is 1.71. The number of ether oxygens (including phenoxy) is 1. The summed E-state index contributed by atoms with van der Waals surface area (Å²) in [5.74, 6) is 1.72. The highest BCUT2D eigenvalue weighted by Gasteiger charge is 2.35. The maximum atomic E-state index is 12.7. The van der Waals surface area contributed by atoms with E-state index in [1.165, 1.54) is 18.4 Å². The number of anilines is 1. The molecule has 0 N–H and O–H groups in total. The monoisotopic (exact) mass is 301 g/mol. The zero-order chi connectivity index (χ0) is 15.7. The van der Waals surface area contributed by atoms with E-state index in [1.807, 2.05) is 23.1 Å². The van der Waals surface area contributed by atoms with Crippen LogP contribution in [-0.2, 0) is 11.2 Å². The molecule has 3 heteroatoms. The van der Waals surface area contributed by atoms with E-state index in [0.29, 0.717) is 17.8 Å². The third-order valence-electron chi connectivity index (χ3n) is 5.32. The molecule has 22 heavy (non-hydrogen) atoms. The van der Waals surface area contributed by atoms with E-state index in [1.54, 1.807) is 0 Å². The van der Waals surface area contributed by atoms with Crippen LogP contribution in [0.2, 0.25) is 0 Å². The second kappa shape index (κ2) is 6.31. The highest BCUT2D eigenvalue weighted by atomic mass is 16.6. The van der Waals surface area contributed by atoms with Gasteiger partial charge in [0.2, 0.25) is 0 Å². The van der Waals surface area contributed by atoms with Gasteiger partial charge in [-0.25, -0.2) is 4.79 Å². The quantitative estimate of drug-likeness (QED) is 0.796. The summed E-state index contributed by atoms with van der Waals surface area (Å²) in [5, 5.41) is 0. The summed E-state index contributed by atoms with van der Waals surface area (Å²) in [5.41, 5.74) is 2.27. The first-order valence-corrected chi connectivity index (χ1v) is 8.62. The number of nitrogens with zero attached hydrogens (tertiary/aromatic N) is 1. The van der Waals surface area contributed by atoms with Crippen molar-refractivity contribution >= 4 is 11.8 Å². The van der Waals surface area contributed by atoms with E-state index in [-0.39, 0.29) is 12.2 Å². The minimum absolute atomic E-state index is 0.0732. The lowest BCUT2D eigenvalue weighted by molar-refractivity contribution is 0.00960. The van der Waals surface area contributed by atoms with Crippen molar-refractivity contribution in [2.24, 2.45) is 17.8 Å². The first-order chi connectivity index (χ1) is 10.6. The number of benzene rings is 1. The summed E-state index contributed by atoms with van der Waals surface area (Å²) in [6.45, 7) is 7.49. The summed E-state index contributed by atoms with van der Waals surface area (Å²) in [4.78, 5) is 14.5. The fourth-order valence-corrected chi connectivity index (χ4v) is 3.97. The number of carbonyl (C=O) groups is 1. The van der Waals surface area contributed by atoms with Crippen molar-refractivity contribution in [2.45, 2.75) is 52.6 Å². The van der Waals surface area contributed by atoms with Crippen LogP contribution >= 0.6 is 0 Å². The molecule has 0 saturated heterocycles. The molecule has 1 aromatic carbocycles. The van der Waals surface area contributed by atoms with Gasteiger partial charge in [-0.2, -0.15) is 0 Å². The maximum Gasteiger partial charge on any atom is 0.414 e. The second-order valence-corrected chi connectivity index (χ2v) is 7.28. The molecule has 1 aliphatic heterocycles. The summed E-state index contributed by atoms with van der Waals surface area (Å²) < 4.78 is 5.96. The minimum Gasteiger partial charge on any atom is -0.446 e. The van der Waals surface area contributed by atoms with Crippen LogP contribution in [0, 0.1) is 17.8 Å². The predicted molar refractivity (Wildman–Crippen MR) is 89.1 cm³/mol. The van der Waals surface area contributed by atoms with Gasteiger partial charge >= 0.3 is 6.09 Å². The standard InChI is InChI=1S/C19H27NO2/c1-13(2)16-9-8-14(3)12-18(16)22-19(21)20-11-10-15-6-4-5-7-17(15)20/h4-7,13-14,16,18H,8-12H2,1-3H3/t14-,16?,18-/m1/s1. The summed E-state index contributed by atoms with van der Waals surface area (Å²) in [7, 11) is 0. The Hall–Kier alpha value is -1.51. The number of carbonyl (C=O) groups excluding carboxylic acids is 1. The lowest BCUT2D eigenvalue weighted by Gasteiger charge is -2.37. The third kappa shape index (κ3) is 2.99. The van der Waals surface area contributed by atoms with E-state index < -0.39 is 0 Å². The van der Waals surface area contributed by atoms with Crippen LogP contribution in [-0.4, -0.2) is 18.7 Å². The smallest absolute Gasteiger partial charge is 0.414 e. The molecule has 3 rings (SSSR count). The van der Waals surface area contributed by atoms with Crippen LogP contribution in [0.5, 0.6) is 0 Å². The fourth-order valence-electron chi connectivity index (χ4n) is 3.97. The summed E-state index contributed by atoms with van der Waals surface area (Å²) in [6.07, 6.45) is 4.28. The number of fused-ring (bicyclic) bond motifs is 1. The van der Waals surface area contributed by atoms with Crippen molar-refractivity contribution in [2.75, 3.05) is 11.4 Å². The maximum absolute atomic E-state index is 12.7. The van der Waals surface area contributed by atoms with Crippen LogP contribution in [0.15, 0.2) is 24.3 Å². The SMILES string of the molecule is CC(C)C1CC[C@@H](C)C[C@H]1OC(=O)N1CCc2ccccc21. The fraction of sp³-hybridized carbons (Fsp3) is 0.632. The molecule has 1 aliphatic carbocycles. The Morgan fingerprint density at radius 1 is 1.27 bits per heavy atom. The van der Waals surface area contributed by atoms with Gasteiger partial charge in [-0.15, -0.1) is 0 Å². The molecule has 1 amide bonds. The average molecular weight is 301 g/mol. The Morgan fingerprint density at radius 3 is 2.82 bits per heavy atom. The Kier molecular flexibility index (Phi) is 4.42. The third-order valence-corrected chi connectivity index (χ3v) is 5.32. The lowest BCUT2D eigenvalue weighted by Crippen LogP contribution is -2.40. The van der Waals surface area contributed by atoms with E-state index in [4.69, 9.17) is 4.74 Å². The van der Waals surface area contributed by atoms with Crippen LogP contribution < -0.4 is 4.90 Å². The highest BCUT2D eigenvalue weighted by molar-refractivity contribution is 5.90. The molecule has 0 aromatic heterocycles. The first-order valence-electron chi connectivity index (χ1n) is 8.62. The molecule has 3 nitrogen and oxygen atoms in total. The highest BCUT2D eigenvalue weighted by Crippen LogP contribution is 2.36. The molecule has 3 atom stereocenters. The first kappa shape index (κ1) is 15.4. The molecule has 1 saturated carbocycles.